The first-order valence-corrected chi connectivity index (χ1v) is 7.54. The number of carbonyl (C=O) groups is 3. The summed E-state index contributed by atoms with van der Waals surface area (Å²) >= 11 is 0. The van der Waals surface area contributed by atoms with Crippen LogP contribution in [-0.4, -0.2) is 23.1 Å². The number of unbranched alkanes of at least 4 members (excludes halogenated alkanes) is 4. The summed E-state index contributed by atoms with van der Waals surface area (Å²) in [4.78, 5) is 38.7. The lowest BCUT2D eigenvalue weighted by atomic mass is 10.1. The number of benzene rings is 1. The van der Waals surface area contributed by atoms with E-state index in [-0.39, 0.29) is 17.7 Å². The van der Waals surface area contributed by atoms with Crippen molar-refractivity contribution in [1.29, 1.82) is 0 Å². The molecule has 0 bridgehead atoms. The van der Waals surface area contributed by atoms with Crippen molar-refractivity contribution in [2.75, 3.05) is 0 Å². The molecule has 0 aliphatic rings. The van der Waals surface area contributed by atoms with Gasteiger partial charge >= 0.3 is 18.0 Å². The summed E-state index contributed by atoms with van der Waals surface area (Å²) in [6.45, 7) is 2.10. The van der Waals surface area contributed by atoms with Crippen LogP contribution in [0.4, 0.5) is 4.79 Å². The predicted octanol–water partition coefficient (Wildman–Crippen LogP) is 3.29. The molecular weight excluding hydrogens is 302 g/mol. The molecule has 0 heterocycles. The molecule has 0 saturated heterocycles. The van der Waals surface area contributed by atoms with Gasteiger partial charge in [-0.15, -0.1) is 0 Å². The van der Waals surface area contributed by atoms with Gasteiger partial charge in [0.2, 0.25) is 0 Å². The van der Waals surface area contributed by atoms with Crippen molar-refractivity contribution in [1.82, 2.24) is 5.48 Å². The molecule has 0 unspecified atom stereocenters. The zero-order chi connectivity index (χ0) is 17.1. The summed E-state index contributed by atoms with van der Waals surface area (Å²) in [5.74, 6) is -1.89. The van der Waals surface area contributed by atoms with Crippen LogP contribution in [0.15, 0.2) is 24.3 Å². The molecule has 7 nitrogen and oxygen atoms in total. The second-order valence-electron chi connectivity index (χ2n) is 4.93. The third-order valence-corrected chi connectivity index (χ3v) is 3.05. The number of carboxylic acids is 1. The minimum absolute atomic E-state index is 0.0519. The molecule has 1 amide bonds. The van der Waals surface area contributed by atoms with Gasteiger partial charge in [-0.3, -0.25) is 4.79 Å². The van der Waals surface area contributed by atoms with E-state index in [2.05, 4.69) is 11.7 Å². The molecule has 2 N–H and O–H groups in total. The first-order chi connectivity index (χ1) is 11.0. The fourth-order valence-electron chi connectivity index (χ4n) is 1.88. The van der Waals surface area contributed by atoms with Crippen LogP contribution in [0.1, 0.15) is 55.8 Å². The van der Waals surface area contributed by atoms with Gasteiger partial charge < -0.3 is 14.7 Å². The molecule has 0 fully saturated rings. The van der Waals surface area contributed by atoms with Gasteiger partial charge in [-0.25, -0.2) is 9.59 Å². The lowest BCUT2D eigenvalue weighted by molar-refractivity contribution is -0.138. The number of ether oxygens (including phenoxy) is 1. The number of hydroxylamine groups is 1. The van der Waals surface area contributed by atoms with Crippen LogP contribution < -0.4 is 10.3 Å². The molecule has 7 heteroatoms. The lowest BCUT2D eigenvalue weighted by Crippen LogP contribution is -2.30. The molecule has 1 aromatic rings. The van der Waals surface area contributed by atoms with Crippen molar-refractivity contribution in [2.45, 2.75) is 45.4 Å². The zero-order valence-electron chi connectivity index (χ0n) is 13.0. The maximum atomic E-state index is 11.4. The van der Waals surface area contributed by atoms with E-state index in [4.69, 9.17) is 9.94 Å². The average Bonchev–Trinajstić information content (AvgIpc) is 2.53. The SMILES string of the molecule is CCCCCCCC(=O)OC(=O)NOc1ccccc1C(=O)O. The Morgan fingerprint density at radius 3 is 2.48 bits per heavy atom. The van der Waals surface area contributed by atoms with Gasteiger partial charge in [-0.1, -0.05) is 44.7 Å². The normalized spacial score (nSPS) is 9.96. The van der Waals surface area contributed by atoms with Crippen molar-refractivity contribution in [3.05, 3.63) is 29.8 Å². The first-order valence-electron chi connectivity index (χ1n) is 7.54. The molecule has 0 saturated carbocycles. The van der Waals surface area contributed by atoms with Crippen molar-refractivity contribution < 1.29 is 29.1 Å². The maximum Gasteiger partial charge on any atom is 0.448 e. The Morgan fingerprint density at radius 1 is 1.09 bits per heavy atom. The van der Waals surface area contributed by atoms with Gasteiger partial charge in [0.05, 0.1) is 0 Å². The largest absolute Gasteiger partial charge is 0.478 e. The Labute approximate surface area is 134 Å². The monoisotopic (exact) mass is 323 g/mol. The van der Waals surface area contributed by atoms with Gasteiger partial charge in [0, 0.05) is 6.42 Å². The summed E-state index contributed by atoms with van der Waals surface area (Å²) < 4.78 is 4.52. The molecule has 0 aromatic heterocycles. The minimum Gasteiger partial charge on any atom is -0.478 e. The highest BCUT2D eigenvalue weighted by molar-refractivity contribution is 5.91. The van der Waals surface area contributed by atoms with E-state index in [9.17, 15) is 14.4 Å². The maximum absolute atomic E-state index is 11.4. The number of esters is 1. The summed E-state index contributed by atoms with van der Waals surface area (Å²) in [5, 5.41) is 8.96. The number of carbonyl (C=O) groups excluding carboxylic acids is 2. The van der Waals surface area contributed by atoms with E-state index >= 15 is 0 Å². The summed E-state index contributed by atoms with van der Waals surface area (Å²) in [6.07, 6.45) is 3.92. The van der Waals surface area contributed by atoms with Crippen molar-refractivity contribution in [2.24, 2.45) is 0 Å². The highest BCUT2D eigenvalue weighted by Gasteiger charge is 2.14. The van der Waals surface area contributed by atoms with Gasteiger partial charge in [0.1, 0.15) is 5.56 Å². The Balaban J connectivity index is 2.32. The van der Waals surface area contributed by atoms with E-state index < -0.39 is 18.0 Å². The van der Waals surface area contributed by atoms with E-state index in [0.717, 1.165) is 25.7 Å². The highest BCUT2D eigenvalue weighted by atomic mass is 16.7. The molecule has 126 valence electrons. The standard InChI is InChI=1S/C16H21NO6/c1-2-3-4-5-6-11-14(18)22-16(21)17-23-13-10-8-7-9-12(13)15(19)20/h7-10H,2-6,11H2,1H3,(H,17,21)(H,19,20). The Bertz CT molecular complexity index is 543. The van der Waals surface area contributed by atoms with Crippen LogP contribution in [0, 0.1) is 0 Å². The third-order valence-electron chi connectivity index (χ3n) is 3.05. The number of nitrogens with one attached hydrogen (secondary N) is 1. The lowest BCUT2D eigenvalue weighted by Gasteiger charge is -2.08. The van der Waals surface area contributed by atoms with Crippen LogP contribution in [-0.2, 0) is 9.53 Å². The van der Waals surface area contributed by atoms with Crippen LogP contribution >= 0.6 is 0 Å². The molecule has 1 aromatic carbocycles. The van der Waals surface area contributed by atoms with Crippen molar-refractivity contribution in [3.8, 4) is 5.75 Å². The number of hydrogen-bond donors (Lipinski definition) is 2. The quantitative estimate of drug-likeness (QED) is 0.313. The summed E-state index contributed by atoms with van der Waals surface area (Å²) in [6, 6.07) is 5.78. The van der Waals surface area contributed by atoms with Crippen LogP contribution in [0.5, 0.6) is 5.75 Å². The molecule has 0 radical (unpaired) electrons. The second-order valence-corrected chi connectivity index (χ2v) is 4.93. The number of para-hydroxylation sites is 1. The van der Waals surface area contributed by atoms with Crippen molar-refractivity contribution in [3.63, 3.8) is 0 Å². The number of carboxylic acid groups (broad SMARTS) is 1. The second kappa shape index (κ2) is 10.2. The Kier molecular flexibility index (Phi) is 8.20. The fraction of sp³-hybridized carbons (Fsp3) is 0.438. The number of amides is 1. The highest BCUT2D eigenvalue weighted by Crippen LogP contribution is 2.16. The van der Waals surface area contributed by atoms with E-state index in [1.54, 1.807) is 6.07 Å². The van der Waals surface area contributed by atoms with E-state index in [1.165, 1.54) is 18.2 Å². The number of hydrogen-bond acceptors (Lipinski definition) is 5. The minimum atomic E-state index is -1.20. The molecule has 0 spiro atoms. The van der Waals surface area contributed by atoms with Gasteiger partial charge in [0.25, 0.3) is 0 Å². The van der Waals surface area contributed by atoms with Crippen LogP contribution in [0.25, 0.3) is 0 Å². The van der Waals surface area contributed by atoms with E-state index in [0.29, 0.717) is 6.42 Å². The average molecular weight is 323 g/mol. The van der Waals surface area contributed by atoms with Gasteiger partial charge in [0.15, 0.2) is 5.75 Å². The summed E-state index contributed by atoms with van der Waals surface area (Å²) in [7, 11) is 0. The molecule has 1 rings (SSSR count). The number of rotatable bonds is 9. The zero-order valence-corrected chi connectivity index (χ0v) is 13.0. The molecule has 23 heavy (non-hydrogen) atoms. The van der Waals surface area contributed by atoms with E-state index in [1.807, 2.05) is 5.48 Å². The number of aromatic carboxylic acids is 1. The smallest absolute Gasteiger partial charge is 0.448 e. The molecule has 0 atom stereocenters. The molecular formula is C16H21NO6. The van der Waals surface area contributed by atoms with Gasteiger partial charge in [-0.05, 0) is 18.6 Å². The Hall–Kier alpha value is -2.57. The summed E-state index contributed by atoms with van der Waals surface area (Å²) in [5.41, 5.74) is 1.77. The molecule has 0 aliphatic heterocycles. The van der Waals surface area contributed by atoms with Crippen LogP contribution in [0.3, 0.4) is 0 Å². The first kappa shape index (κ1) is 18.5. The molecule has 0 aliphatic carbocycles. The third kappa shape index (κ3) is 7.30. The van der Waals surface area contributed by atoms with Gasteiger partial charge in [-0.2, -0.15) is 5.48 Å². The topological polar surface area (TPSA) is 102 Å². The fourth-order valence-corrected chi connectivity index (χ4v) is 1.88. The van der Waals surface area contributed by atoms with Crippen molar-refractivity contribution >= 4 is 18.0 Å². The Morgan fingerprint density at radius 2 is 1.78 bits per heavy atom. The van der Waals surface area contributed by atoms with Crippen LogP contribution in [0.2, 0.25) is 0 Å². The predicted molar refractivity (Wildman–Crippen MR) is 82.0 cm³/mol.